The van der Waals surface area contributed by atoms with Crippen LogP contribution in [-0.4, -0.2) is 63.4 Å². The molecule has 0 radical (unpaired) electrons. The molecule has 0 unspecified atom stereocenters. The highest BCUT2D eigenvalue weighted by molar-refractivity contribution is 5.67. The number of carbonyl (C=O) groups is 1. The molecule has 1 amide bonds. The second kappa shape index (κ2) is 18.7. The molecule has 0 spiro atoms. The monoisotopic (exact) mass is 471 g/mol. The number of allylic oxidation sites excluding steroid dienone is 8. The Morgan fingerprint density at radius 3 is 2.71 bits per heavy atom. The molecule has 0 saturated carbocycles. The largest absolute Gasteiger partial charge is 0.449 e. The van der Waals surface area contributed by atoms with Crippen LogP contribution in [0.15, 0.2) is 65.0 Å². The van der Waals surface area contributed by atoms with Crippen LogP contribution in [0.1, 0.15) is 51.9 Å². The van der Waals surface area contributed by atoms with Crippen molar-refractivity contribution in [1.29, 1.82) is 0 Å². The molecule has 0 saturated heterocycles. The summed E-state index contributed by atoms with van der Waals surface area (Å²) in [7, 11) is 0. The highest BCUT2D eigenvalue weighted by Crippen LogP contribution is 2.14. The minimum absolute atomic E-state index is 0.348. The Hall–Kier alpha value is -2.64. The summed E-state index contributed by atoms with van der Waals surface area (Å²) >= 11 is 0. The van der Waals surface area contributed by atoms with Crippen molar-refractivity contribution in [2.45, 2.75) is 51.9 Å². The van der Waals surface area contributed by atoms with Crippen LogP contribution in [0.2, 0.25) is 0 Å². The van der Waals surface area contributed by atoms with Crippen LogP contribution in [0, 0.1) is 0 Å². The third-order valence-electron chi connectivity index (χ3n) is 5.22. The topological polar surface area (TPSA) is 72.4 Å². The molecule has 0 atom stereocenters. The van der Waals surface area contributed by atoms with Crippen molar-refractivity contribution in [2.24, 2.45) is 5.10 Å². The third-order valence-corrected chi connectivity index (χ3v) is 5.22. The first kappa shape index (κ1) is 27.6. The highest BCUT2D eigenvalue weighted by Gasteiger charge is 2.08. The molecule has 0 aromatic carbocycles. The van der Waals surface area contributed by atoms with E-state index >= 15 is 0 Å². The van der Waals surface area contributed by atoms with E-state index in [0.717, 1.165) is 45.1 Å². The smallest absolute Gasteiger partial charge is 0.407 e. The first-order chi connectivity index (χ1) is 16.8. The first-order valence-electron chi connectivity index (χ1n) is 12.5. The molecule has 34 heavy (non-hydrogen) atoms. The van der Waals surface area contributed by atoms with Gasteiger partial charge in [0, 0.05) is 32.0 Å². The van der Waals surface area contributed by atoms with Gasteiger partial charge in [0.15, 0.2) is 0 Å². The molecule has 2 rings (SSSR count). The van der Waals surface area contributed by atoms with Gasteiger partial charge >= 0.3 is 6.09 Å². The zero-order valence-corrected chi connectivity index (χ0v) is 20.6. The van der Waals surface area contributed by atoms with E-state index in [1.165, 1.54) is 11.1 Å². The maximum Gasteiger partial charge on any atom is 0.407 e. The zero-order valence-electron chi connectivity index (χ0n) is 20.6. The van der Waals surface area contributed by atoms with Crippen LogP contribution in [0.25, 0.3) is 0 Å². The summed E-state index contributed by atoms with van der Waals surface area (Å²) in [5.41, 5.74) is 2.52. The van der Waals surface area contributed by atoms with Gasteiger partial charge in [0.1, 0.15) is 0 Å². The van der Waals surface area contributed by atoms with E-state index in [0.29, 0.717) is 45.9 Å². The molecule has 1 heterocycles. The summed E-state index contributed by atoms with van der Waals surface area (Å²) in [6.45, 7) is 6.37. The zero-order chi connectivity index (χ0) is 24.1. The first-order valence-corrected chi connectivity index (χ1v) is 12.5. The fourth-order valence-electron chi connectivity index (χ4n) is 3.40. The average molecular weight is 472 g/mol. The van der Waals surface area contributed by atoms with Crippen LogP contribution >= 0.6 is 0 Å². The summed E-state index contributed by atoms with van der Waals surface area (Å²) in [6.07, 6.45) is 24.5. The fraction of sp³-hybridized carbons (Fsp3) is 0.556. The van der Waals surface area contributed by atoms with Crippen molar-refractivity contribution in [3.63, 3.8) is 0 Å². The van der Waals surface area contributed by atoms with Crippen molar-refractivity contribution in [3.8, 4) is 0 Å². The van der Waals surface area contributed by atoms with Gasteiger partial charge in [-0.15, -0.1) is 0 Å². The average Bonchev–Trinajstić information content (AvgIpc) is 3.04. The second-order valence-corrected chi connectivity index (χ2v) is 8.15. The van der Waals surface area contributed by atoms with Crippen molar-refractivity contribution >= 4 is 12.3 Å². The Morgan fingerprint density at radius 1 is 1.00 bits per heavy atom. The Labute approximate surface area is 204 Å². The minimum Gasteiger partial charge on any atom is -0.449 e. The molecule has 188 valence electrons. The minimum atomic E-state index is -0.348. The number of ether oxygens (including phenoxy) is 3. The number of hydrazone groups is 1. The van der Waals surface area contributed by atoms with Crippen LogP contribution in [0.4, 0.5) is 4.79 Å². The quantitative estimate of drug-likeness (QED) is 0.310. The van der Waals surface area contributed by atoms with Crippen LogP contribution in [0.5, 0.6) is 0 Å². The number of hydrogen-bond donors (Lipinski definition) is 1. The summed E-state index contributed by atoms with van der Waals surface area (Å²) < 4.78 is 16.4. The summed E-state index contributed by atoms with van der Waals surface area (Å²) in [4.78, 5) is 12.0. The lowest BCUT2D eigenvalue weighted by molar-refractivity contribution is 0.0428. The van der Waals surface area contributed by atoms with E-state index in [-0.39, 0.29) is 6.09 Å². The SMILES string of the molecule is CCCOCCOCCN1C=C(CCOC(=O)NCCCCC2=C/C=C\C=C/C=C2)CCC=N1. The lowest BCUT2D eigenvalue weighted by atomic mass is 10.1. The number of alkyl carbamates (subject to hydrolysis) is 1. The van der Waals surface area contributed by atoms with Crippen molar-refractivity contribution in [2.75, 3.05) is 46.1 Å². The number of nitrogens with one attached hydrogen (secondary N) is 1. The van der Waals surface area contributed by atoms with Gasteiger partial charge in [-0.3, -0.25) is 5.01 Å². The van der Waals surface area contributed by atoms with Gasteiger partial charge in [0.25, 0.3) is 0 Å². The summed E-state index contributed by atoms with van der Waals surface area (Å²) in [5, 5.41) is 9.20. The molecule has 7 nitrogen and oxygen atoms in total. The molecule has 0 bridgehead atoms. The molecule has 2 aliphatic rings. The van der Waals surface area contributed by atoms with E-state index < -0.39 is 0 Å². The highest BCUT2D eigenvalue weighted by atomic mass is 16.5. The molecular formula is C27H41N3O4. The number of nitrogens with zero attached hydrogens (tertiary/aromatic N) is 2. The van der Waals surface area contributed by atoms with E-state index in [9.17, 15) is 4.79 Å². The maximum atomic E-state index is 12.0. The van der Waals surface area contributed by atoms with E-state index in [4.69, 9.17) is 14.2 Å². The number of carbonyl (C=O) groups excluding carboxylic acids is 1. The van der Waals surface area contributed by atoms with Crippen molar-refractivity contribution in [3.05, 3.63) is 59.9 Å². The van der Waals surface area contributed by atoms with Gasteiger partial charge in [-0.2, -0.15) is 5.10 Å². The molecule has 1 aliphatic heterocycles. The van der Waals surface area contributed by atoms with Gasteiger partial charge < -0.3 is 19.5 Å². The van der Waals surface area contributed by atoms with E-state index in [1.54, 1.807) is 0 Å². The predicted molar refractivity (Wildman–Crippen MR) is 138 cm³/mol. The summed E-state index contributed by atoms with van der Waals surface area (Å²) in [6, 6.07) is 0. The molecule has 7 heteroatoms. The number of hydrogen-bond acceptors (Lipinski definition) is 6. The lowest BCUT2D eigenvalue weighted by Crippen LogP contribution is -2.25. The standard InChI is InChI=1S/C27H41N3O4/c1-2-19-32-22-23-33-21-18-30-24-26(14-10-17-29-30)15-20-34-27(31)28-16-9-8-13-25-11-6-4-3-5-7-12-25/h3-7,11-12,17,24H,2,8-10,13-16,18-23H2,1H3,(H,28,31)/b4-3-,5-3?,6-4?,7-5-,11-6?,12-7?,25-11?,25-12?. The molecule has 0 fully saturated rings. The molecule has 1 N–H and O–H groups in total. The second-order valence-electron chi connectivity index (χ2n) is 8.15. The molecule has 0 aromatic heterocycles. The van der Waals surface area contributed by atoms with Gasteiger partial charge in [-0.05, 0) is 49.7 Å². The van der Waals surface area contributed by atoms with Gasteiger partial charge in [-0.1, -0.05) is 49.5 Å². The fourth-order valence-corrected chi connectivity index (χ4v) is 3.40. The Kier molecular flexibility index (Phi) is 15.2. The molecule has 1 aliphatic carbocycles. The van der Waals surface area contributed by atoms with Gasteiger partial charge in [-0.25, -0.2) is 4.79 Å². The van der Waals surface area contributed by atoms with Crippen molar-refractivity contribution < 1.29 is 19.0 Å². The van der Waals surface area contributed by atoms with Crippen LogP contribution < -0.4 is 5.32 Å². The number of amides is 1. The summed E-state index contributed by atoms with van der Waals surface area (Å²) in [5.74, 6) is 0. The van der Waals surface area contributed by atoms with Gasteiger partial charge in [0.2, 0.25) is 0 Å². The Bertz CT molecular complexity index is 753. The van der Waals surface area contributed by atoms with E-state index in [2.05, 4.69) is 41.6 Å². The number of rotatable bonds is 16. The normalized spacial score (nSPS) is 17.3. The molecular weight excluding hydrogens is 430 g/mol. The van der Waals surface area contributed by atoms with E-state index in [1.807, 2.05) is 35.7 Å². The van der Waals surface area contributed by atoms with Gasteiger partial charge in [0.05, 0.1) is 33.0 Å². The predicted octanol–water partition coefficient (Wildman–Crippen LogP) is 5.29. The lowest BCUT2D eigenvalue weighted by Gasteiger charge is -2.15. The van der Waals surface area contributed by atoms with Crippen LogP contribution in [-0.2, 0) is 14.2 Å². The Balaban J connectivity index is 1.53. The maximum absolute atomic E-state index is 12.0. The van der Waals surface area contributed by atoms with Crippen molar-refractivity contribution in [1.82, 2.24) is 10.3 Å². The van der Waals surface area contributed by atoms with Crippen LogP contribution in [0.3, 0.4) is 0 Å². The Morgan fingerprint density at radius 2 is 1.82 bits per heavy atom. The molecule has 0 aromatic rings. The number of unbranched alkanes of at least 4 members (excludes halogenated alkanes) is 1. The third kappa shape index (κ3) is 13.8.